The van der Waals surface area contributed by atoms with E-state index in [0.29, 0.717) is 5.57 Å². The zero-order valence-corrected chi connectivity index (χ0v) is 5.00. The third kappa shape index (κ3) is 1.38. The van der Waals surface area contributed by atoms with Gasteiger partial charge in [0.05, 0.1) is 5.57 Å². The van der Waals surface area contributed by atoms with Crippen LogP contribution in [-0.2, 0) is 4.79 Å². The quantitative estimate of drug-likeness (QED) is 0.520. The average molecular weight is 124 g/mol. The standard InChI is InChI=1S/C6H8N2O/c7-6(9)5-2-1-3-8-4-5/h2,4H,1,3H2,(H2,7,9). The second-order valence-electron chi connectivity index (χ2n) is 1.85. The molecule has 0 bridgehead atoms. The zero-order chi connectivity index (χ0) is 6.69. The van der Waals surface area contributed by atoms with Gasteiger partial charge in [0.15, 0.2) is 0 Å². The average Bonchev–Trinajstić information content (AvgIpc) is 1.90. The molecule has 0 atom stereocenters. The van der Waals surface area contributed by atoms with Gasteiger partial charge in [0.1, 0.15) is 0 Å². The first-order chi connectivity index (χ1) is 4.30. The van der Waals surface area contributed by atoms with Crippen molar-refractivity contribution in [2.24, 2.45) is 10.7 Å². The minimum atomic E-state index is -0.390. The summed E-state index contributed by atoms with van der Waals surface area (Å²) in [6, 6.07) is 0. The second kappa shape index (κ2) is 2.44. The molecule has 9 heavy (non-hydrogen) atoms. The molecule has 1 heterocycles. The van der Waals surface area contributed by atoms with Crippen LogP contribution in [0.25, 0.3) is 0 Å². The van der Waals surface area contributed by atoms with Crippen molar-refractivity contribution in [3.63, 3.8) is 0 Å². The Kier molecular flexibility index (Phi) is 1.63. The van der Waals surface area contributed by atoms with E-state index >= 15 is 0 Å². The fraction of sp³-hybridized carbons (Fsp3) is 0.333. The molecule has 1 rings (SSSR count). The Morgan fingerprint density at radius 1 is 1.78 bits per heavy atom. The van der Waals surface area contributed by atoms with Crippen LogP contribution in [0.2, 0.25) is 0 Å². The lowest BCUT2D eigenvalue weighted by Crippen LogP contribution is -2.16. The van der Waals surface area contributed by atoms with Crippen molar-refractivity contribution >= 4 is 12.1 Å². The van der Waals surface area contributed by atoms with Crippen molar-refractivity contribution in [2.45, 2.75) is 6.42 Å². The molecule has 3 nitrogen and oxygen atoms in total. The summed E-state index contributed by atoms with van der Waals surface area (Å²) in [5.41, 5.74) is 5.50. The molecule has 0 aromatic rings. The molecule has 0 spiro atoms. The maximum atomic E-state index is 10.4. The van der Waals surface area contributed by atoms with E-state index in [4.69, 9.17) is 5.73 Å². The van der Waals surface area contributed by atoms with E-state index in [1.54, 1.807) is 6.08 Å². The first-order valence-electron chi connectivity index (χ1n) is 2.80. The van der Waals surface area contributed by atoms with Gasteiger partial charge >= 0.3 is 0 Å². The van der Waals surface area contributed by atoms with Crippen LogP contribution in [0.5, 0.6) is 0 Å². The summed E-state index contributed by atoms with van der Waals surface area (Å²) < 4.78 is 0. The Morgan fingerprint density at radius 2 is 2.56 bits per heavy atom. The smallest absolute Gasteiger partial charge is 0.249 e. The highest BCUT2D eigenvalue weighted by atomic mass is 16.1. The number of rotatable bonds is 1. The summed E-state index contributed by atoms with van der Waals surface area (Å²) >= 11 is 0. The lowest BCUT2D eigenvalue weighted by Gasteiger charge is -1.99. The van der Waals surface area contributed by atoms with Gasteiger partial charge < -0.3 is 5.73 Å². The zero-order valence-electron chi connectivity index (χ0n) is 5.00. The molecule has 0 radical (unpaired) electrons. The van der Waals surface area contributed by atoms with E-state index < -0.39 is 5.91 Å². The van der Waals surface area contributed by atoms with Gasteiger partial charge in [-0.05, 0) is 6.42 Å². The van der Waals surface area contributed by atoms with Crippen molar-refractivity contribution in [3.8, 4) is 0 Å². The molecule has 0 aliphatic carbocycles. The molecule has 3 heteroatoms. The Hall–Kier alpha value is -1.12. The monoisotopic (exact) mass is 124 g/mol. The lowest BCUT2D eigenvalue weighted by molar-refractivity contribution is -0.114. The number of dihydropyridines is 1. The summed E-state index contributed by atoms with van der Waals surface area (Å²) in [5, 5.41) is 0. The Bertz CT molecular complexity index is 181. The molecule has 1 amide bonds. The Morgan fingerprint density at radius 3 is 2.89 bits per heavy atom. The van der Waals surface area contributed by atoms with Gasteiger partial charge in [-0.1, -0.05) is 6.08 Å². The molecule has 0 saturated heterocycles. The summed E-state index contributed by atoms with van der Waals surface area (Å²) in [7, 11) is 0. The highest BCUT2D eigenvalue weighted by Crippen LogP contribution is 1.98. The number of nitrogens with two attached hydrogens (primary N) is 1. The Labute approximate surface area is 53.3 Å². The van der Waals surface area contributed by atoms with Crippen LogP contribution in [0.4, 0.5) is 0 Å². The van der Waals surface area contributed by atoms with Crippen LogP contribution < -0.4 is 5.73 Å². The first kappa shape index (κ1) is 6.01. The highest BCUT2D eigenvalue weighted by Gasteiger charge is 2.02. The van der Waals surface area contributed by atoms with E-state index in [0.717, 1.165) is 13.0 Å². The third-order valence-corrected chi connectivity index (χ3v) is 1.14. The van der Waals surface area contributed by atoms with Crippen molar-refractivity contribution in [1.82, 2.24) is 0 Å². The van der Waals surface area contributed by atoms with E-state index in [9.17, 15) is 4.79 Å². The number of amides is 1. The van der Waals surface area contributed by atoms with Crippen LogP contribution in [0.1, 0.15) is 6.42 Å². The molecule has 0 saturated carbocycles. The first-order valence-corrected chi connectivity index (χ1v) is 2.80. The van der Waals surface area contributed by atoms with Gasteiger partial charge in [-0.2, -0.15) is 0 Å². The van der Waals surface area contributed by atoms with E-state index in [-0.39, 0.29) is 0 Å². The largest absolute Gasteiger partial charge is 0.366 e. The van der Waals surface area contributed by atoms with Crippen LogP contribution in [0.3, 0.4) is 0 Å². The van der Waals surface area contributed by atoms with Gasteiger partial charge in [-0.3, -0.25) is 9.79 Å². The maximum Gasteiger partial charge on any atom is 0.249 e. The number of carbonyl (C=O) groups is 1. The van der Waals surface area contributed by atoms with Crippen LogP contribution >= 0.6 is 0 Å². The van der Waals surface area contributed by atoms with E-state index in [1.165, 1.54) is 6.21 Å². The van der Waals surface area contributed by atoms with Gasteiger partial charge in [0.2, 0.25) is 5.91 Å². The SMILES string of the molecule is NC(=O)C1=CCCN=C1. The molecule has 1 aliphatic heterocycles. The molecule has 1 aliphatic rings. The predicted molar refractivity (Wildman–Crippen MR) is 35.3 cm³/mol. The maximum absolute atomic E-state index is 10.4. The van der Waals surface area contributed by atoms with Gasteiger partial charge in [-0.25, -0.2) is 0 Å². The molecular formula is C6H8N2O. The Balaban J connectivity index is 2.69. The number of primary amides is 1. The van der Waals surface area contributed by atoms with Crippen molar-refractivity contribution in [2.75, 3.05) is 6.54 Å². The predicted octanol–water partition coefficient (Wildman–Crippen LogP) is -0.127. The van der Waals surface area contributed by atoms with E-state index in [2.05, 4.69) is 4.99 Å². The molecule has 2 N–H and O–H groups in total. The normalized spacial score (nSPS) is 17.1. The molecule has 48 valence electrons. The lowest BCUT2D eigenvalue weighted by atomic mass is 10.2. The number of hydrogen-bond donors (Lipinski definition) is 1. The third-order valence-electron chi connectivity index (χ3n) is 1.14. The highest BCUT2D eigenvalue weighted by molar-refractivity contribution is 6.11. The minimum absolute atomic E-state index is 0.390. The van der Waals surface area contributed by atoms with Crippen LogP contribution in [-0.4, -0.2) is 18.7 Å². The van der Waals surface area contributed by atoms with Crippen LogP contribution in [0.15, 0.2) is 16.6 Å². The summed E-state index contributed by atoms with van der Waals surface area (Å²) in [6.45, 7) is 0.775. The number of aliphatic imine (C=N–C) groups is 1. The molecular weight excluding hydrogens is 116 g/mol. The molecule has 0 aromatic carbocycles. The van der Waals surface area contributed by atoms with Crippen molar-refractivity contribution in [3.05, 3.63) is 11.6 Å². The fourth-order valence-corrected chi connectivity index (χ4v) is 0.674. The van der Waals surface area contributed by atoms with Gasteiger partial charge in [0, 0.05) is 12.8 Å². The summed E-state index contributed by atoms with van der Waals surface area (Å²) in [4.78, 5) is 14.3. The number of carbonyl (C=O) groups excluding carboxylic acids is 1. The van der Waals surface area contributed by atoms with Crippen molar-refractivity contribution in [1.29, 1.82) is 0 Å². The summed E-state index contributed by atoms with van der Waals surface area (Å²) in [5.74, 6) is -0.390. The molecule has 0 aromatic heterocycles. The number of nitrogens with zero attached hydrogens (tertiary/aromatic N) is 1. The molecule has 0 unspecified atom stereocenters. The molecule has 0 fully saturated rings. The van der Waals surface area contributed by atoms with Gasteiger partial charge in [-0.15, -0.1) is 0 Å². The number of hydrogen-bond acceptors (Lipinski definition) is 2. The summed E-state index contributed by atoms with van der Waals surface area (Å²) in [6.07, 6.45) is 4.15. The van der Waals surface area contributed by atoms with Gasteiger partial charge in [0.25, 0.3) is 0 Å². The van der Waals surface area contributed by atoms with Crippen LogP contribution in [0, 0.1) is 0 Å². The van der Waals surface area contributed by atoms with E-state index in [1.807, 2.05) is 0 Å². The van der Waals surface area contributed by atoms with Crippen molar-refractivity contribution < 1.29 is 4.79 Å². The fourth-order valence-electron chi connectivity index (χ4n) is 0.674. The topological polar surface area (TPSA) is 55.5 Å². The second-order valence-corrected chi connectivity index (χ2v) is 1.85. The minimum Gasteiger partial charge on any atom is -0.366 e.